The van der Waals surface area contributed by atoms with Crippen molar-refractivity contribution in [3.8, 4) is 5.69 Å². The highest BCUT2D eigenvalue weighted by molar-refractivity contribution is 5.86. The fourth-order valence-electron chi connectivity index (χ4n) is 4.89. The van der Waals surface area contributed by atoms with Crippen LogP contribution in [0.15, 0.2) is 85.5 Å². The van der Waals surface area contributed by atoms with Crippen molar-refractivity contribution in [2.24, 2.45) is 5.92 Å². The van der Waals surface area contributed by atoms with E-state index >= 15 is 0 Å². The average Bonchev–Trinajstić information content (AvgIpc) is 3.42. The van der Waals surface area contributed by atoms with Crippen molar-refractivity contribution in [1.29, 1.82) is 0 Å². The van der Waals surface area contributed by atoms with Crippen molar-refractivity contribution >= 4 is 16.7 Å². The third kappa shape index (κ3) is 4.69. The SMILES string of the molecule is CC(c1cccc2ccccc12)N1CCC(C(=O)NCc2ccc(-n3ccnc3)cc2)CC1. The van der Waals surface area contributed by atoms with Crippen LogP contribution in [0.5, 0.6) is 0 Å². The van der Waals surface area contributed by atoms with Gasteiger partial charge in [-0.3, -0.25) is 9.69 Å². The second-order valence-corrected chi connectivity index (χ2v) is 8.91. The van der Waals surface area contributed by atoms with E-state index in [2.05, 4.69) is 88.9 Å². The van der Waals surface area contributed by atoms with Crippen molar-refractivity contribution in [3.63, 3.8) is 0 Å². The third-order valence-electron chi connectivity index (χ3n) is 6.93. The Kier molecular flexibility index (Phi) is 6.22. The maximum atomic E-state index is 12.8. The second-order valence-electron chi connectivity index (χ2n) is 8.91. The van der Waals surface area contributed by atoms with Crippen LogP contribution < -0.4 is 5.32 Å². The smallest absolute Gasteiger partial charge is 0.223 e. The molecular formula is C28H30N4O. The van der Waals surface area contributed by atoms with E-state index in [4.69, 9.17) is 0 Å². The third-order valence-corrected chi connectivity index (χ3v) is 6.93. The number of hydrogen-bond donors (Lipinski definition) is 1. The largest absolute Gasteiger partial charge is 0.352 e. The molecule has 0 spiro atoms. The highest BCUT2D eigenvalue weighted by Crippen LogP contribution is 2.31. The Morgan fingerprint density at radius 1 is 1.03 bits per heavy atom. The highest BCUT2D eigenvalue weighted by Gasteiger charge is 2.28. The number of benzene rings is 3. The van der Waals surface area contributed by atoms with Gasteiger partial charge in [0, 0.05) is 36.6 Å². The zero-order chi connectivity index (χ0) is 22.6. The Balaban J connectivity index is 1.14. The molecule has 33 heavy (non-hydrogen) atoms. The highest BCUT2D eigenvalue weighted by atomic mass is 16.1. The predicted octanol–water partition coefficient (Wildman–Crippen LogP) is 5.11. The number of carbonyl (C=O) groups excluding carboxylic acids is 1. The lowest BCUT2D eigenvalue weighted by Gasteiger charge is -2.36. The van der Waals surface area contributed by atoms with Gasteiger partial charge in [-0.15, -0.1) is 0 Å². The quantitative estimate of drug-likeness (QED) is 0.455. The molecule has 0 saturated carbocycles. The van der Waals surface area contributed by atoms with Gasteiger partial charge in [-0.05, 0) is 66.9 Å². The maximum Gasteiger partial charge on any atom is 0.223 e. The summed E-state index contributed by atoms with van der Waals surface area (Å²) in [6.07, 6.45) is 7.28. The lowest BCUT2D eigenvalue weighted by Crippen LogP contribution is -2.41. The summed E-state index contributed by atoms with van der Waals surface area (Å²) in [5.41, 5.74) is 3.54. The van der Waals surface area contributed by atoms with Gasteiger partial charge in [0.1, 0.15) is 0 Å². The topological polar surface area (TPSA) is 50.2 Å². The zero-order valence-corrected chi connectivity index (χ0v) is 19.0. The average molecular weight is 439 g/mol. The van der Waals surface area contributed by atoms with Gasteiger partial charge >= 0.3 is 0 Å². The summed E-state index contributed by atoms with van der Waals surface area (Å²) in [6, 6.07) is 23.7. The summed E-state index contributed by atoms with van der Waals surface area (Å²) in [7, 11) is 0. The van der Waals surface area contributed by atoms with Gasteiger partial charge in [-0.2, -0.15) is 0 Å². The van der Waals surface area contributed by atoms with E-state index in [1.54, 1.807) is 12.5 Å². The monoisotopic (exact) mass is 438 g/mol. The molecule has 3 aromatic carbocycles. The van der Waals surface area contributed by atoms with Crippen LogP contribution in [0, 0.1) is 5.92 Å². The van der Waals surface area contributed by atoms with Crippen LogP contribution in [-0.2, 0) is 11.3 Å². The molecule has 5 nitrogen and oxygen atoms in total. The Labute approximate surface area is 195 Å². The molecule has 1 saturated heterocycles. The minimum absolute atomic E-state index is 0.0891. The number of imidazole rings is 1. The number of rotatable bonds is 6. The Morgan fingerprint density at radius 3 is 2.55 bits per heavy atom. The first kappa shape index (κ1) is 21.4. The molecular weight excluding hydrogens is 408 g/mol. The molecule has 0 aliphatic carbocycles. The van der Waals surface area contributed by atoms with Crippen LogP contribution in [0.25, 0.3) is 16.5 Å². The molecule has 1 amide bonds. The second kappa shape index (κ2) is 9.59. The van der Waals surface area contributed by atoms with E-state index in [9.17, 15) is 4.79 Å². The number of nitrogens with zero attached hydrogens (tertiary/aromatic N) is 3. The van der Waals surface area contributed by atoms with Crippen LogP contribution in [0.4, 0.5) is 0 Å². The predicted molar refractivity (Wildman–Crippen MR) is 132 cm³/mol. The van der Waals surface area contributed by atoms with E-state index in [-0.39, 0.29) is 11.8 Å². The molecule has 1 aliphatic rings. The summed E-state index contributed by atoms with van der Waals surface area (Å²) in [4.78, 5) is 19.4. The van der Waals surface area contributed by atoms with Crippen molar-refractivity contribution in [2.45, 2.75) is 32.4 Å². The van der Waals surface area contributed by atoms with Gasteiger partial charge in [-0.1, -0.05) is 54.6 Å². The summed E-state index contributed by atoms with van der Waals surface area (Å²) in [5, 5.41) is 5.76. The molecule has 1 atom stereocenters. The molecule has 5 rings (SSSR count). The zero-order valence-electron chi connectivity index (χ0n) is 19.0. The Morgan fingerprint density at radius 2 is 1.79 bits per heavy atom. The first-order valence-corrected chi connectivity index (χ1v) is 11.8. The summed E-state index contributed by atoms with van der Waals surface area (Å²) < 4.78 is 1.97. The molecule has 1 aliphatic heterocycles. The minimum atomic E-state index is 0.0891. The fourth-order valence-corrected chi connectivity index (χ4v) is 4.89. The van der Waals surface area contributed by atoms with Crippen molar-refractivity contribution in [2.75, 3.05) is 13.1 Å². The minimum Gasteiger partial charge on any atom is -0.352 e. The fraction of sp³-hybridized carbons (Fsp3) is 0.286. The first-order chi connectivity index (χ1) is 16.2. The number of piperidine rings is 1. The lowest BCUT2D eigenvalue weighted by molar-refractivity contribution is -0.126. The van der Waals surface area contributed by atoms with Crippen LogP contribution in [-0.4, -0.2) is 33.4 Å². The van der Waals surface area contributed by atoms with Crippen LogP contribution >= 0.6 is 0 Å². The molecule has 5 heteroatoms. The number of likely N-dealkylation sites (tertiary alicyclic amines) is 1. The molecule has 1 fully saturated rings. The number of aromatic nitrogens is 2. The van der Waals surface area contributed by atoms with Crippen LogP contribution in [0.3, 0.4) is 0 Å². The van der Waals surface area contributed by atoms with E-state index in [0.717, 1.165) is 37.2 Å². The van der Waals surface area contributed by atoms with E-state index in [1.165, 1.54) is 16.3 Å². The summed E-state index contributed by atoms with van der Waals surface area (Å²) in [5.74, 6) is 0.261. The van der Waals surface area contributed by atoms with Gasteiger partial charge in [0.2, 0.25) is 5.91 Å². The Hall–Kier alpha value is -3.44. The molecule has 168 valence electrons. The molecule has 1 aromatic heterocycles. The number of amides is 1. The molecule has 1 N–H and O–H groups in total. The first-order valence-electron chi connectivity index (χ1n) is 11.8. The number of hydrogen-bond acceptors (Lipinski definition) is 3. The normalized spacial score (nSPS) is 16.0. The lowest BCUT2D eigenvalue weighted by atomic mass is 9.92. The maximum absolute atomic E-state index is 12.8. The molecule has 0 bridgehead atoms. The van der Waals surface area contributed by atoms with Gasteiger partial charge in [0.25, 0.3) is 0 Å². The summed E-state index contributed by atoms with van der Waals surface area (Å²) in [6.45, 7) is 4.75. The van der Waals surface area contributed by atoms with E-state index in [0.29, 0.717) is 12.6 Å². The van der Waals surface area contributed by atoms with Gasteiger partial charge < -0.3 is 9.88 Å². The number of carbonyl (C=O) groups is 1. The van der Waals surface area contributed by atoms with Crippen molar-refractivity contribution < 1.29 is 4.79 Å². The molecule has 1 unspecified atom stereocenters. The molecule has 4 aromatic rings. The summed E-state index contributed by atoms with van der Waals surface area (Å²) >= 11 is 0. The van der Waals surface area contributed by atoms with Crippen LogP contribution in [0.1, 0.15) is 36.9 Å². The van der Waals surface area contributed by atoms with Gasteiger partial charge in [0.15, 0.2) is 0 Å². The van der Waals surface area contributed by atoms with E-state index in [1.807, 2.05) is 10.8 Å². The van der Waals surface area contributed by atoms with E-state index < -0.39 is 0 Å². The van der Waals surface area contributed by atoms with Crippen LogP contribution in [0.2, 0.25) is 0 Å². The number of fused-ring (bicyclic) bond motifs is 1. The van der Waals surface area contributed by atoms with Crippen molar-refractivity contribution in [3.05, 3.63) is 96.6 Å². The van der Waals surface area contributed by atoms with Crippen molar-refractivity contribution in [1.82, 2.24) is 19.8 Å². The molecule has 2 heterocycles. The Bertz CT molecular complexity index is 1200. The van der Waals surface area contributed by atoms with Gasteiger partial charge in [0.05, 0.1) is 6.33 Å². The number of nitrogens with one attached hydrogen (secondary N) is 1. The van der Waals surface area contributed by atoms with Gasteiger partial charge in [-0.25, -0.2) is 4.98 Å². The standard InChI is InChI=1S/C28H30N4O/c1-21(26-8-4-6-23-5-2-3-7-27(23)26)31-16-13-24(14-17-31)28(33)30-19-22-9-11-25(12-10-22)32-18-15-29-20-32/h2-12,15,18,20-21,24H,13-14,16-17,19H2,1H3,(H,30,33). The molecule has 0 radical (unpaired) electrons.